The molecule has 1 aliphatic carbocycles. The monoisotopic (exact) mass is 272 g/mol. The number of aliphatic hydroxyl groups is 1. The molecule has 1 amide bonds. The van der Waals surface area contributed by atoms with E-state index in [1.807, 2.05) is 24.3 Å². The number of benzene rings is 1. The molecular formula is C14H16N4O2. The van der Waals surface area contributed by atoms with Crippen molar-refractivity contribution in [2.45, 2.75) is 32.3 Å². The number of nitrogens with one attached hydrogen (secondary N) is 1. The summed E-state index contributed by atoms with van der Waals surface area (Å²) in [4.78, 5) is 11.1. The Kier molecular flexibility index (Phi) is 3.23. The van der Waals surface area contributed by atoms with Crippen LogP contribution in [-0.4, -0.2) is 26.0 Å². The SMILES string of the molecule is CC(=O)Nc1cccc(-n2nnc(CO)c2C2CC2)c1. The van der Waals surface area contributed by atoms with E-state index < -0.39 is 0 Å². The molecule has 0 radical (unpaired) electrons. The lowest BCUT2D eigenvalue weighted by molar-refractivity contribution is -0.114. The maximum absolute atomic E-state index is 11.1. The average Bonchev–Trinajstić information content (AvgIpc) is 3.17. The van der Waals surface area contributed by atoms with Crippen molar-refractivity contribution in [3.05, 3.63) is 35.7 Å². The Morgan fingerprint density at radius 3 is 2.95 bits per heavy atom. The quantitative estimate of drug-likeness (QED) is 0.885. The number of hydrogen-bond donors (Lipinski definition) is 2. The molecule has 0 saturated heterocycles. The molecule has 0 bridgehead atoms. The summed E-state index contributed by atoms with van der Waals surface area (Å²) in [5.74, 6) is 0.316. The molecule has 2 N–H and O–H groups in total. The third-order valence-corrected chi connectivity index (χ3v) is 3.30. The molecule has 2 aromatic rings. The highest BCUT2D eigenvalue weighted by atomic mass is 16.3. The zero-order valence-corrected chi connectivity index (χ0v) is 11.2. The molecule has 104 valence electrons. The topological polar surface area (TPSA) is 80.0 Å². The lowest BCUT2D eigenvalue weighted by Crippen LogP contribution is -2.07. The van der Waals surface area contributed by atoms with Crippen molar-refractivity contribution in [3.63, 3.8) is 0 Å². The Labute approximate surface area is 116 Å². The van der Waals surface area contributed by atoms with Gasteiger partial charge in [-0.1, -0.05) is 11.3 Å². The fourth-order valence-electron chi connectivity index (χ4n) is 2.31. The van der Waals surface area contributed by atoms with Crippen LogP contribution < -0.4 is 5.32 Å². The van der Waals surface area contributed by atoms with E-state index in [4.69, 9.17) is 0 Å². The van der Waals surface area contributed by atoms with Crippen molar-refractivity contribution >= 4 is 11.6 Å². The van der Waals surface area contributed by atoms with Gasteiger partial charge in [0.25, 0.3) is 0 Å². The van der Waals surface area contributed by atoms with Gasteiger partial charge in [-0.2, -0.15) is 0 Å². The molecular weight excluding hydrogens is 256 g/mol. The van der Waals surface area contributed by atoms with Crippen LogP contribution in [0.3, 0.4) is 0 Å². The van der Waals surface area contributed by atoms with Gasteiger partial charge in [-0.3, -0.25) is 4.79 Å². The largest absolute Gasteiger partial charge is 0.390 e. The Morgan fingerprint density at radius 2 is 2.30 bits per heavy atom. The van der Waals surface area contributed by atoms with Crippen LogP contribution in [0.5, 0.6) is 0 Å². The minimum Gasteiger partial charge on any atom is -0.390 e. The van der Waals surface area contributed by atoms with Gasteiger partial charge in [0.15, 0.2) is 0 Å². The highest BCUT2D eigenvalue weighted by molar-refractivity contribution is 5.88. The van der Waals surface area contributed by atoms with Gasteiger partial charge >= 0.3 is 0 Å². The predicted octanol–water partition coefficient (Wildman–Crippen LogP) is 1.60. The first-order valence-electron chi connectivity index (χ1n) is 6.62. The van der Waals surface area contributed by atoms with Crippen molar-refractivity contribution in [2.24, 2.45) is 0 Å². The first-order chi connectivity index (χ1) is 9.69. The normalized spacial score (nSPS) is 14.3. The summed E-state index contributed by atoms with van der Waals surface area (Å²) in [5.41, 5.74) is 3.17. The summed E-state index contributed by atoms with van der Waals surface area (Å²) in [6, 6.07) is 7.44. The van der Waals surface area contributed by atoms with Crippen LogP contribution in [-0.2, 0) is 11.4 Å². The second-order valence-electron chi connectivity index (χ2n) is 5.00. The van der Waals surface area contributed by atoms with E-state index >= 15 is 0 Å². The van der Waals surface area contributed by atoms with Crippen LogP contribution in [0.25, 0.3) is 5.69 Å². The number of aromatic nitrogens is 3. The van der Waals surface area contributed by atoms with Gasteiger partial charge in [-0.25, -0.2) is 4.68 Å². The summed E-state index contributed by atoms with van der Waals surface area (Å²) in [5, 5.41) is 20.3. The fourth-order valence-corrected chi connectivity index (χ4v) is 2.31. The smallest absolute Gasteiger partial charge is 0.221 e. The minimum absolute atomic E-state index is 0.1000. The second kappa shape index (κ2) is 5.05. The van der Waals surface area contributed by atoms with Crippen LogP contribution in [0.1, 0.15) is 37.1 Å². The molecule has 6 nitrogen and oxygen atoms in total. The van der Waals surface area contributed by atoms with E-state index in [9.17, 15) is 9.90 Å². The summed E-state index contributed by atoms with van der Waals surface area (Å²) >= 11 is 0. The zero-order valence-electron chi connectivity index (χ0n) is 11.2. The summed E-state index contributed by atoms with van der Waals surface area (Å²) < 4.78 is 1.76. The van der Waals surface area contributed by atoms with E-state index in [0.29, 0.717) is 11.6 Å². The lowest BCUT2D eigenvalue weighted by atomic mass is 10.2. The molecule has 1 aromatic carbocycles. The molecule has 1 aliphatic rings. The van der Waals surface area contributed by atoms with Gasteiger partial charge < -0.3 is 10.4 Å². The zero-order chi connectivity index (χ0) is 14.1. The fraction of sp³-hybridized carbons (Fsp3) is 0.357. The maximum atomic E-state index is 11.1. The van der Waals surface area contributed by atoms with Crippen molar-refractivity contribution in [1.82, 2.24) is 15.0 Å². The number of anilines is 1. The van der Waals surface area contributed by atoms with Gasteiger partial charge in [0.05, 0.1) is 18.0 Å². The molecule has 20 heavy (non-hydrogen) atoms. The molecule has 0 aliphatic heterocycles. The molecule has 1 saturated carbocycles. The number of amides is 1. The van der Waals surface area contributed by atoms with E-state index in [0.717, 1.165) is 29.9 Å². The highest BCUT2D eigenvalue weighted by Gasteiger charge is 2.31. The van der Waals surface area contributed by atoms with Crippen LogP contribution in [0, 0.1) is 0 Å². The highest BCUT2D eigenvalue weighted by Crippen LogP contribution is 2.42. The molecule has 0 unspecified atom stereocenters. The Hall–Kier alpha value is -2.21. The Morgan fingerprint density at radius 1 is 1.50 bits per heavy atom. The van der Waals surface area contributed by atoms with Crippen molar-refractivity contribution in [1.29, 1.82) is 0 Å². The van der Waals surface area contributed by atoms with E-state index in [-0.39, 0.29) is 12.5 Å². The van der Waals surface area contributed by atoms with Gasteiger partial charge in [-0.15, -0.1) is 5.10 Å². The number of carbonyl (C=O) groups is 1. The summed E-state index contributed by atoms with van der Waals surface area (Å²) in [6.07, 6.45) is 2.21. The number of carbonyl (C=O) groups excluding carboxylic acids is 1. The van der Waals surface area contributed by atoms with Gasteiger partial charge in [0.2, 0.25) is 5.91 Å². The molecule has 1 aromatic heterocycles. The molecule has 0 atom stereocenters. The minimum atomic E-state index is -0.112. The van der Waals surface area contributed by atoms with E-state index in [2.05, 4.69) is 15.6 Å². The van der Waals surface area contributed by atoms with Crippen molar-refractivity contribution < 1.29 is 9.90 Å². The number of hydrogen-bond acceptors (Lipinski definition) is 4. The molecule has 6 heteroatoms. The Bertz CT molecular complexity index is 646. The number of aliphatic hydroxyl groups excluding tert-OH is 1. The van der Waals surface area contributed by atoms with E-state index in [1.165, 1.54) is 6.92 Å². The van der Waals surface area contributed by atoms with Crippen molar-refractivity contribution in [3.8, 4) is 5.69 Å². The summed E-state index contributed by atoms with van der Waals surface area (Å²) in [7, 11) is 0. The predicted molar refractivity (Wildman–Crippen MR) is 73.6 cm³/mol. The van der Waals surface area contributed by atoms with Gasteiger partial charge in [0, 0.05) is 18.5 Å². The Balaban J connectivity index is 2.00. The first-order valence-corrected chi connectivity index (χ1v) is 6.62. The number of rotatable bonds is 4. The van der Waals surface area contributed by atoms with Crippen molar-refractivity contribution in [2.75, 3.05) is 5.32 Å². The number of nitrogens with zero attached hydrogens (tertiary/aromatic N) is 3. The van der Waals surface area contributed by atoms with Crippen LogP contribution in [0.15, 0.2) is 24.3 Å². The van der Waals surface area contributed by atoms with Crippen LogP contribution in [0.2, 0.25) is 0 Å². The lowest BCUT2D eigenvalue weighted by Gasteiger charge is -2.08. The average molecular weight is 272 g/mol. The van der Waals surface area contributed by atoms with E-state index in [1.54, 1.807) is 4.68 Å². The third kappa shape index (κ3) is 2.42. The third-order valence-electron chi connectivity index (χ3n) is 3.30. The maximum Gasteiger partial charge on any atom is 0.221 e. The molecule has 1 heterocycles. The molecule has 0 spiro atoms. The molecule has 3 rings (SSSR count). The van der Waals surface area contributed by atoms with Gasteiger partial charge in [0.1, 0.15) is 5.69 Å². The molecule has 1 fully saturated rings. The second-order valence-corrected chi connectivity index (χ2v) is 5.00. The first kappa shape index (κ1) is 12.8. The summed E-state index contributed by atoms with van der Waals surface area (Å²) in [6.45, 7) is 1.37. The van der Waals surface area contributed by atoms with Crippen LogP contribution in [0.4, 0.5) is 5.69 Å². The standard InChI is InChI=1S/C14H16N4O2/c1-9(20)15-11-3-2-4-12(7-11)18-14(10-5-6-10)13(8-19)16-17-18/h2-4,7,10,19H,5-6,8H2,1H3,(H,15,20). The van der Waals surface area contributed by atoms with Gasteiger partial charge in [-0.05, 0) is 31.0 Å². The van der Waals surface area contributed by atoms with Crippen LogP contribution >= 0.6 is 0 Å².